The van der Waals surface area contributed by atoms with Gasteiger partial charge in [0.25, 0.3) is 0 Å². The van der Waals surface area contributed by atoms with Gasteiger partial charge in [-0.3, -0.25) is 0 Å². The molecule has 0 radical (unpaired) electrons. The number of hydrogen-bond donors (Lipinski definition) is 1. The Morgan fingerprint density at radius 2 is 1.81 bits per heavy atom. The van der Waals surface area contributed by atoms with Gasteiger partial charge in [0.2, 0.25) is 0 Å². The van der Waals surface area contributed by atoms with Crippen molar-refractivity contribution in [2.75, 3.05) is 5.32 Å². The number of benzene rings is 2. The fourth-order valence-electron chi connectivity index (χ4n) is 2.25. The Balaban J connectivity index is 1.89. The molecular formula is C17H14N4. The third-order valence-corrected chi connectivity index (χ3v) is 3.44. The summed E-state index contributed by atoms with van der Waals surface area (Å²) in [5.41, 5.74) is 2.69. The Labute approximate surface area is 123 Å². The summed E-state index contributed by atoms with van der Waals surface area (Å²) in [6.07, 6.45) is 1.57. The van der Waals surface area contributed by atoms with Crippen LogP contribution in [0.15, 0.2) is 54.9 Å². The van der Waals surface area contributed by atoms with E-state index in [2.05, 4.69) is 28.3 Å². The van der Waals surface area contributed by atoms with Crippen molar-refractivity contribution in [2.45, 2.75) is 13.0 Å². The van der Waals surface area contributed by atoms with Gasteiger partial charge in [0.1, 0.15) is 12.1 Å². The summed E-state index contributed by atoms with van der Waals surface area (Å²) in [4.78, 5) is 8.59. The van der Waals surface area contributed by atoms with Gasteiger partial charge < -0.3 is 5.32 Å². The van der Waals surface area contributed by atoms with Gasteiger partial charge >= 0.3 is 0 Å². The summed E-state index contributed by atoms with van der Waals surface area (Å²) < 4.78 is 0. The van der Waals surface area contributed by atoms with Gasteiger partial charge in [0, 0.05) is 11.4 Å². The number of aromatic nitrogens is 2. The van der Waals surface area contributed by atoms with E-state index in [1.165, 1.54) is 0 Å². The highest BCUT2D eigenvalue weighted by molar-refractivity contribution is 5.88. The van der Waals surface area contributed by atoms with Gasteiger partial charge in [0.15, 0.2) is 0 Å². The highest BCUT2D eigenvalue weighted by atomic mass is 15.0. The van der Waals surface area contributed by atoms with Crippen molar-refractivity contribution in [3.8, 4) is 6.07 Å². The van der Waals surface area contributed by atoms with Crippen LogP contribution in [0.5, 0.6) is 0 Å². The number of nitriles is 1. The minimum absolute atomic E-state index is 0.0936. The average Bonchev–Trinajstić information content (AvgIpc) is 2.55. The van der Waals surface area contributed by atoms with Gasteiger partial charge in [-0.05, 0) is 36.8 Å². The SMILES string of the molecule is C[C@@H](Nc1ncnc2ccccc12)c1ccc(C#N)cc1. The summed E-state index contributed by atoms with van der Waals surface area (Å²) in [5.74, 6) is 0.817. The number of para-hydroxylation sites is 1. The lowest BCUT2D eigenvalue weighted by Crippen LogP contribution is -2.08. The van der Waals surface area contributed by atoms with Crippen molar-refractivity contribution in [2.24, 2.45) is 0 Å². The van der Waals surface area contributed by atoms with E-state index < -0.39 is 0 Å². The average molecular weight is 274 g/mol. The zero-order chi connectivity index (χ0) is 14.7. The summed E-state index contributed by atoms with van der Waals surface area (Å²) in [6, 6.07) is 17.7. The second-order valence-corrected chi connectivity index (χ2v) is 4.84. The highest BCUT2D eigenvalue weighted by Gasteiger charge is 2.09. The lowest BCUT2D eigenvalue weighted by atomic mass is 10.1. The van der Waals surface area contributed by atoms with Gasteiger partial charge in [-0.2, -0.15) is 5.26 Å². The molecule has 0 amide bonds. The monoisotopic (exact) mass is 274 g/mol. The predicted octanol–water partition coefficient (Wildman–Crippen LogP) is 3.67. The van der Waals surface area contributed by atoms with Crippen LogP contribution in [0.3, 0.4) is 0 Å². The summed E-state index contributed by atoms with van der Waals surface area (Å²) in [5, 5.41) is 13.2. The fourth-order valence-corrected chi connectivity index (χ4v) is 2.25. The number of rotatable bonds is 3. The molecule has 3 aromatic rings. The second kappa shape index (κ2) is 5.59. The quantitative estimate of drug-likeness (QED) is 0.791. The lowest BCUT2D eigenvalue weighted by Gasteiger charge is -2.16. The molecule has 0 unspecified atom stereocenters. The van der Waals surface area contributed by atoms with Crippen LogP contribution in [0.1, 0.15) is 24.1 Å². The van der Waals surface area contributed by atoms with Gasteiger partial charge in [-0.25, -0.2) is 9.97 Å². The molecule has 3 rings (SSSR count). The van der Waals surface area contributed by atoms with E-state index in [4.69, 9.17) is 5.26 Å². The molecule has 2 aromatic carbocycles. The maximum Gasteiger partial charge on any atom is 0.137 e. The molecule has 0 aliphatic carbocycles. The summed E-state index contributed by atoms with van der Waals surface area (Å²) in [6.45, 7) is 2.07. The Bertz CT molecular complexity index is 798. The molecule has 21 heavy (non-hydrogen) atoms. The zero-order valence-electron chi connectivity index (χ0n) is 11.6. The zero-order valence-corrected chi connectivity index (χ0v) is 11.6. The van der Waals surface area contributed by atoms with Crippen LogP contribution in [-0.4, -0.2) is 9.97 Å². The van der Waals surface area contributed by atoms with E-state index in [9.17, 15) is 0 Å². The van der Waals surface area contributed by atoms with E-state index in [0.29, 0.717) is 5.56 Å². The maximum absolute atomic E-state index is 8.84. The number of nitrogens with one attached hydrogen (secondary N) is 1. The van der Waals surface area contributed by atoms with Crippen molar-refractivity contribution in [1.82, 2.24) is 9.97 Å². The number of fused-ring (bicyclic) bond motifs is 1. The molecule has 4 heteroatoms. The Kier molecular flexibility index (Phi) is 3.48. The molecule has 4 nitrogen and oxygen atoms in total. The smallest absolute Gasteiger partial charge is 0.137 e. The number of nitrogens with zero attached hydrogens (tertiary/aromatic N) is 3. The maximum atomic E-state index is 8.84. The second-order valence-electron chi connectivity index (χ2n) is 4.84. The molecule has 1 atom stereocenters. The molecule has 1 N–H and O–H groups in total. The molecule has 102 valence electrons. The summed E-state index contributed by atoms with van der Waals surface area (Å²) >= 11 is 0. The third-order valence-electron chi connectivity index (χ3n) is 3.44. The van der Waals surface area contributed by atoms with Crippen LogP contribution in [0.2, 0.25) is 0 Å². The fraction of sp³-hybridized carbons (Fsp3) is 0.118. The number of hydrogen-bond acceptors (Lipinski definition) is 4. The van der Waals surface area contributed by atoms with Gasteiger partial charge in [-0.1, -0.05) is 24.3 Å². The van der Waals surface area contributed by atoms with Crippen LogP contribution in [0.4, 0.5) is 5.82 Å². The molecule has 0 saturated heterocycles. The van der Waals surface area contributed by atoms with Gasteiger partial charge in [0.05, 0.1) is 17.1 Å². The first-order chi connectivity index (χ1) is 10.3. The Morgan fingerprint density at radius 3 is 2.57 bits per heavy atom. The van der Waals surface area contributed by atoms with Crippen LogP contribution in [0.25, 0.3) is 10.9 Å². The largest absolute Gasteiger partial charge is 0.363 e. The summed E-state index contributed by atoms with van der Waals surface area (Å²) in [7, 11) is 0. The minimum atomic E-state index is 0.0936. The lowest BCUT2D eigenvalue weighted by molar-refractivity contribution is 0.875. The first-order valence-corrected chi connectivity index (χ1v) is 6.74. The Hall–Kier alpha value is -2.93. The number of anilines is 1. The van der Waals surface area contributed by atoms with Crippen molar-refractivity contribution in [3.05, 3.63) is 66.0 Å². The molecular weight excluding hydrogens is 260 g/mol. The standard InChI is InChI=1S/C17H14N4/c1-12(14-8-6-13(10-18)7-9-14)21-17-15-4-2-3-5-16(15)19-11-20-17/h2-9,11-12H,1H3,(H,19,20,21)/t12-/m1/s1. The first-order valence-electron chi connectivity index (χ1n) is 6.74. The molecule has 1 heterocycles. The third kappa shape index (κ3) is 2.67. The minimum Gasteiger partial charge on any atom is -0.363 e. The van der Waals surface area contributed by atoms with Crippen molar-refractivity contribution < 1.29 is 0 Å². The van der Waals surface area contributed by atoms with Crippen LogP contribution in [-0.2, 0) is 0 Å². The van der Waals surface area contributed by atoms with E-state index in [-0.39, 0.29) is 6.04 Å². The van der Waals surface area contributed by atoms with E-state index in [1.54, 1.807) is 6.33 Å². The van der Waals surface area contributed by atoms with Gasteiger partial charge in [-0.15, -0.1) is 0 Å². The van der Waals surface area contributed by atoms with Crippen molar-refractivity contribution >= 4 is 16.7 Å². The first kappa shape index (κ1) is 13.1. The highest BCUT2D eigenvalue weighted by Crippen LogP contribution is 2.23. The molecule has 0 spiro atoms. The predicted molar refractivity (Wildman–Crippen MR) is 82.7 cm³/mol. The molecule has 0 aliphatic heterocycles. The van der Waals surface area contributed by atoms with E-state index in [0.717, 1.165) is 22.3 Å². The molecule has 1 aromatic heterocycles. The molecule has 0 bridgehead atoms. The normalized spacial score (nSPS) is 11.8. The topological polar surface area (TPSA) is 61.6 Å². The molecule has 0 aliphatic rings. The van der Waals surface area contributed by atoms with E-state index in [1.807, 2.05) is 48.5 Å². The van der Waals surface area contributed by atoms with Crippen molar-refractivity contribution in [1.29, 1.82) is 5.26 Å². The molecule has 0 fully saturated rings. The van der Waals surface area contributed by atoms with E-state index >= 15 is 0 Å². The van der Waals surface area contributed by atoms with Crippen molar-refractivity contribution in [3.63, 3.8) is 0 Å². The Morgan fingerprint density at radius 1 is 1.05 bits per heavy atom. The van der Waals surface area contributed by atoms with Crippen LogP contribution < -0.4 is 5.32 Å². The molecule has 0 saturated carbocycles. The van der Waals surface area contributed by atoms with Crippen LogP contribution in [0, 0.1) is 11.3 Å². The van der Waals surface area contributed by atoms with Crippen LogP contribution >= 0.6 is 0 Å².